The normalized spacial score (nSPS) is 10.8. The fourth-order valence-corrected chi connectivity index (χ4v) is 1.14. The van der Waals surface area contributed by atoms with Crippen LogP contribution in [0.15, 0.2) is 23.3 Å². The quantitative estimate of drug-likeness (QED) is 0.487. The molecule has 0 fully saturated rings. The number of halogens is 2. The van der Waals surface area contributed by atoms with E-state index < -0.39 is 23.4 Å². The van der Waals surface area contributed by atoms with Gasteiger partial charge in [0.1, 0.15) is 0 Å². The van der Waals surface area contributed by atoms with Gasteiger partial charge in [-0.2, -0.15) is 5.10 Å². The topological polar surface area (TPSA) is 70.6 Å². The standard InChI is InChI=1S/C12H13F2N3O2/c1-7(2)16-11(18)12(19)17-15-6-8-3-4-9(13)10(14)5-8/h3-7H,1-2H3,(H,16,18)(H,17,19)/b15-6-. The molecule has 7 heteroatoms. The number of hydrazone groups is 1. The molecule has 2 N–H and O–H groups in total. The molecule has 2 amide bonds. The highest BCUT2D eigenvalue weighted by Crippen LogP contribution is 2.06. The average Bonchev–Trinajstić information content (AvgIpc) is 2.32. The van der Waals surface area contributed by atoms with Crippen molar-refractivity contribution in [2.45, 2.75) is 19.9 Å². The van der Waals surface area contributed by atoms with Crippen LogP contribution in [0.3, 0.4) is 0 Å². The van der Waals surface area contributed by atoms with Gasteiger partial charge >= 0.3 is 11.8 Å². The number of hydrogen-bond donors (Lipinski definition) is 2. The van der Waals surface area contributed by atoms with Crippen LogP contribution >= 0.6 is 0 Å². The Balaban J connectivity index is 2.56. The second-order valence-electron chi connectivity index (χ2n) is 4.00. The SMILES string of the molecule is CC(C)NC(=O)C(=O)N/N=C\c1ccc(F)c(F)c1. The van der Waals surface area contributed by atoms with Gasteiger partial charge in [-0.1, -0.05) is 6.07 Å². The predicted octanol–water partition coefficient (Wildman–Crippen LogP) is 0.939. The zero-order valence-corrected chi connectivity index (χ0v) is 10.4. The molecule has 1 aromatic rings. The minimum absolute atomic E-state index is 0.173. The molecule has 0 radical (unpaired) electrons. The third-order valence-corrected chi connectivity index (χ3v) is 1.95. The highest BCUT2D eigenvalue weighted by Gasteiger charge is 2.12. The van der Waals surface area contributed by atoms with E-state index in [1.165, 1.54) is 6.07 Å². The van der Waals surface area contributed by atoms with Crippen LogP contribution in [-0.2, 0) is 9.59 Å². The van der Waals surface area contributed by atoms with Crippen molar-refractivity contribution in [3.63, 3.8) is 0 Å². The summed E-state index contributed by atoms with van der Waals surface area (Å²) in [5, 5.41) is 5.84. The molecule has 1 rings (SSSR count). The van der Waals surface area contributed by atoms with Crippen molar-refractivity contribution in [2.75, 3.05) is 0 Å². The first-order valence-electron chi connectivity index (χ1n) is 5.49. The number of rotatable bonds is 3. The van der Waals surface area contributed by atoms with Gasteiger partial charge in [-0.05, 0) is 31.5 Å². The first-order valence-corrected chi connectivity index (χ1v) is 5.49. The predicted molar refractivity (Wildman–Crippen MR) is 65.4 cm³/mol. The second-order valence-corrected chi connectivity index (χ2v) is 4.00. The van der Waals surface area contributed by atoms with E-state index in [1.807, 2.05) is 5.43 Å². The van der Waals surface area contributed by atoms with Gasteiger partial charge in [0.15, 0.2) is 11.6 Å². The van der Waals surface area contributed by atoms with Crippen molar-refractivity contribution in [1.82, 2.24) is 10.7 Å². The van der Waals surface area contributed by atoms with Crippen molar-refractivity contribution in [1.29, 1.82) is 0 Å². The Labute approximate surface area is 108 Å². The molecule has 0 aliphatic carbocycles. The molecule has 0 aromatic heterocycles. The van der Waals surface area contributed by atoms with Gasteiger partial charge in [0.2, 0.25) is 0 Å². The minimum Gasteiger partial charge on any atom is -0.346 e. The van der Waals surface area contributed by atoms with Gasteiger partial charge in [-0.15, -0.1) is 0 Å². The van der Waals surface area contributed by atoms with Crippen molar-refractivity contribution in [3.05, 3.63) is 35.4 Å². The number of nitrogens with zero attached hydrogens (tertiary/aromatic N) is 1. The van der Waals surface area contributed by atoms with Crippen LogP contribution in [0.25, 0.3) is 0 Å². The number of amides is 2. The summed E-state index contributed by atoms with van der Waals surface area (Å²) in [5.41, 5.74) is 2.23. The number of benzene rings is 1. The fraction of sp³-hybridized carbons (Fsp3) is 0.250. The minimum atomic E-state index is -1.02. The van der Waals surface area contributed by atoms with E-state index in [2.05, 4.69) is 10.4 Å². The van der Waals surface area contributed by atoms with Gasteiger partial charge in [-0.25, -0.2) is 14.2 Å². The number of carbonyl (C=O) groups is 2. The first-order chi connectivity index (χ1) is 8.90. The van der Waals surface area contributed by atoms with E-state index in [4.69, 9.17) is 0 Å². The summed E-state index contributed by atoms with van der Waals surface area (Å²) in [6, 6.07) is 2.96. The van der Waals surface area contributed by atoms with Crippen LogP contribution < -0.4 is 10.7 Å². The van der Waals surface area contributed by atoms with Crippen LogP contribution in [0.5, 0.6) is 0 Å². The third kappa shape index (κ3) is 4.82. The Kier molecular flexibility index (Phi) is 5.11. The average molecular weight is 269 g/mol. The maximum atomic E-state index is 12.8. The highest BCUT2D eigenvalue weighted by atomic mass is 19.2. The summed E-state index contributed by atoms with van der Waals surface area (Å²) in [5.74, 6) is -3.75. The van der Waals surface area contributed by atoms with Gasteiger partial charge in [0.25, 0.3) is 0 Å². The van der Waals surface area contributed by atoms with E-state index in [0.717, 1.165) is 18.3 Å². The Morgan fingerprint density at radius 3 is 2.47 bits per heavy atom. The third-order valence-electron chi connectivity index (χ3n) is 1.95. The molecule has 1 aromatic carbocycles. The zero-order chi connectivity index (χ0) is 14.4. The van der Waals surface area contributed by atoms with Crippen LogP contribution in [0.4, 0.5) is 8.78 Å². The lowest BCUT2D eigenvalue weighted by Gasteiger charge is -2.05. The van der Waals surface area contributed by atoms with Gasteiger partial charge < -0.3 is 5.32 Å². The summed E-state index contributed by atoms with van der Waals surface area (Å²) in [4.78, 5) is 22.4. The van der Waals surface area contributed by atoms with E-state index in [-0.39, 0.29) is 11.6 Å². The molecular weight excluding hydrogens is 256 g/mol. The molecule has 0 aliphatic heterocycles. The van der Waals surface area contributed by atoms with Crippen LogP contribution in [0.2, 0.25) is 0 Å². The monoisotopic (exact) mass is 269 g/mol. The van der Waals surface area contributed by atoms with E-state index in [1.54, 1.807) is 13.8 Å². The molecule has 19 heavy (non-hydrogen) atoms. The molecule has 0 aliphatic rings. The zero-order valence-electron chi connectivity index (χ0n) is 10.4. The first kappa shape index (κ1) is 14.7. The van der Waals surface area contributed by atoms with E-state index >= 15 is 0 Å². The summed E-state index contributed by atoms with van der Waals surface area (Å²) in [6.07, 6.45) is 1.10. The molecular formula is C12H13F2N3O2. The Hall–Kier alpha value is -2.31. The molecule has 0 saturated heterocycles. The summed E-state index contributed by atoms with van der Waals surface area (Å²) < 4.78 is 25.5. The van der Waals surface area contributed by atoms with Crippen LogP contribution in [0.1, 0.15) is 19.4 Å². The molecule has 0 heterocycles. The summed E-state index contributed by atoms with van der Waals surface area (Å²) >= 11 is 0. The lowest BCUT2D eigenvalue weighted by atomic mass is 10.2. The molecule has 102 valence electrons. The molecule has 0 atom stereocenters. The van der Waals surface area contributed by atoms with Crippen LogP contribution in [-0.4, -0.2) is 24.1 Å². The smallest absolute Gasteiger partial charge is 0.329 e. The van der Waals surface area contributed by atoms with Gasteiger partial charge in [0.05, 0.1) is 6.21 Å². The maximum Gasteiger partial charge on any atom is 0.329 e. The second kappa shape index (κ2) is 6.58. The largest absolute Gasteiger partial charge is 0.346 e. The van der Waals surface area contributed by atoms with E-state index in [0.29, 0.717) is 0 Å². The number of carbonyl (C=O) groups excluding carboxylic acids is 2. The van der Waals surface area contributed by atoms with Crippen molar-refractivity contribution in [2.24, 2.45) is 5.10 Å². The van der Waals surface area contributed by atoms with Crippen molar-refractivity contribution >= 4 is 18.0 Å². The molecule has 0 spiro atoms. The lowest BCUT2D eigenvalue weighted by Crippen LogP contribution is -2.41. The van der Waals surface area contributed by atoms with E-state index in [9.17, 15) is 18.4 Å². The molecule has 0 bridgehead atoms. The molecule has 0 saturated carbocycles. The van der Waals surface area contributed by atoms with Crippen molar-refractivity contribution < 1.29 is 18.4 Å². The molecule has 0 unspecified atom stereocenters. The van der Waals surface area contributed by atoms with Crippen LogP contribution in [0, 0.1) is 11.6 Å². The summed E-state index contributed by atoms with van der Waals surface area (Å²) in [6.45, 7) is 3.41. The Bertz CT molecular complexity index is 516. The maximum absolute atomic E-state index is 12.8. The number of nitrogens with one attached hydrogen (secondary N) is 2. The number of hydrogen-bond acceptors (Lipinski definition) is 3. The van der Waals surface area contributed by atoms with Gasteiger partial charge in [0, 0.05) is 6.04 Å². The van der Waals surface area contributed by atoms with Gasteiger partial charge in [-0.3, -0.25) is 9.59 Å². The summed E-state index contributed by atoms with van der Waals surface area (Å²) in [7, 11) is 0. The lowest BCUT2D eigenvalue weighted by molar-refractivity contribution is -0.139. The van der Waals surface area contributed by atoms with Crippen molar-refractivity contribution in [3.8, 4) is 0 Å². The Morgan fingerprint density at radius 1 is 1.21 bits per heavy atom. The Morgan fingerprint density at radius 2 is 1.89 bits per heavy atom. The molecule has 5 nitrogen and oxygen atoms in total. The fourth-order valence-electron chi connectivity index (χ4n) is 1.14. The highest BCUT2D eigenvalue weighted by molar-refractivity contribution is 6.35.